The predicted molar refractivity (Wildman–Crippen MR) is 95.2 cm³/mol. The van der Waals surface area contributed by atoms with Crippen LogP contribution in [0, 0.1) is 11.3 Å². The van der Waals surface area contributed by atoms with Gasteiger partial charge < -0.3 is 10.5 Å². The molecule has 25 heavy (non-hydrogen) atoms. The molecule has 1 aromatic heterocycles. The van der Waals surface area contributed by atoms with Crippen molar-refractivity contribution in [2.24, 2.45) is 0 Å². The van der Waals surface area contributed by atoms with Crippen LogP contribution >= 0.6 is 0 Å². The van der Waals surface area contributed by atoms with Crippen molar-refractivity contribution in [1.29, 1.82) is 5.26 Å². The number of nitrogen functional groups attached to an aromatic ring is 1. The molecule has 0 aliphatic carbocycles. The van der Waals surface area contributed by atoms with Crippen molar-refractivity contribution < 1.29 is 9.53 Å². The van der Waals surface area contributed by atoms with Gasteiger partial charge in [0.15, 0.2) is 5.82 Å². The molecule has 3 rings (SSSR count). The highest BCUT2D eigenvalue weighted by molar-refractivity contribution is 5.93. The van der Waals surface area contributed by atoms with Gasteiger partial charge in [-0.2, -0.15) is 5.26 Å². The van der Waals surface area contributed by atoms with E-state index in [1.54, 1.807) is 30.3 Å². The lowest BCUT2D eigenvalue weighted by Gasteiger charge is -2.05. The molecule has 0 spiro atoms. The van der Waals surface area contributed by atoms with Gasteiger partial charge in [0.2, 0.25) is 0 Å². The monoisotopic (exact) mass is 330 g/mol. The molecule has 0 radical (unpaired) electrons. The van der Waals surface area contributed by atoms with Gasteiger partial charge in [-0.05, 0) is 35.9 Å². The summed E-state index contributed by atoms with van der Waals surface area (Å²) in [7, 11) is 1.32. The number of hydrogen-bond donors (Lipinski definition) is 1. The number of benzene rings is 2. The molecule has 0 amide bonds. The average molecular weight is 330 g/mol. The maximum atomic E-state index is 11.5. The molecule has 0 unspecified atom stereocenters. The third-order valence-corrected chi connectivity index (χ3v) is 3.64. The molecule has 0 aliphatic rings. The maximum absolute atomic E-state index is 11.5. The fraction of sp³-hybridized carbons (Fsp3) is 0.0526. The van der Waals surface area contributed by atoms with Gasteiger partial charge in [-0.1, -0.05) is 24.3 Å². The van der Waals surface area contributed by atoms with Crippen molar-refractivity contribution >= 4 is 34.3 Å². The topological polar surface area (TPSA) is 102 Å². The summed E-state index contributed by atoms with van der Waals surface area (Å²) in [5.74, 6) is 0.167. The Kier molecular flexibility index (Phi) is 4.40. The molecule has 1 heterocycles. The summed E-state index contributed by atoms with van der Waals surface area (Å²) < 4.78 is 4.66. The highest BCUT2D eigenvalue weighted by Crippen LogP contribution is 2.22. The number of anilines is 1. The fourth-order valence-corrected chi connectivity index (χ4v) is 2.37. The highest BCUT2D eigenvalue weighted by Gasteiger charge is 2.10. The Bertz CT molecular complexity index is 1020. The van der Waals surface area contributed by atoms with Crippen molar-refractivity contribution in [3.8, 4) is 6.07 Å². The van der Waals surface area contributed by atoms with E-state index in [1.807, 2.05) is 24.3 Å². The lowest BCUT2D eigenvalue weighted by atomic mass is 10.1. The summed E-state index contributed by atoms with van der Waals surface area (Å²) in [6.45, 7) is 0. The molecule has 122 valence electrons. The summed E-state index contributed by atoms with van der Waals surface area (Å²) in [6, 6.07) is 16.1. The van der Waals surface area contributed by atoms with Gasteiger partial charge in [-0.25, -0.2) is 14.8 Å². The van der Waals surface area contributed by atoms with Gasteiger partial charge >= 0.3 is 5.97 Å². The number of nitrogens with zero attached hydrogens (tertiary/aromatic N) is 3. The van der Waals surface area contributed by atoms with Gasteiger partial charge in [-0.3, -0.25) is 0 Å². The molecule has 0 saturated carbocycles. The zero-order valence-corrected chi connectivity index (χ0v) is 13.4. The lowest BCUT2D eigenvalue weighted by molar-refractivity contribution is 0.0600. The predicted octanol–water partition coefficient (Wildman–Crippen LogP) is 3.06. The van der Waals surface area contributed by atoms with Gasteiger partial charge in [0.25, 0.3) is 0 Å². The van der Waals surface area contributed by atoms with E-state index in [1.165, 1.54) is 7.11 Å². The van der Waals surface area contributed by atoms with E-state index in [0.717, 1.165) is 10.9 Å². The van der Waals surface area contributed by atoms with Crippen LogP contribution in [0.15, 0.2) is 48.5 Å². The number of rotatable bonds is 3. The molecule has 0 atom stereocenters. The van der Waals surface area contributed by atoms with E-state index in [-0.39, 0.29) is 11.4 Å². The van der Waals surface area contributed by atoms with Crippen molar-refractivity contribution in [2.75, 3.05) is 12.8 Å². The minimum absolute atomic E-state index is 0.260. The number of carbonyl (C=O) groups excluding carboxylic acids is 1. The van der Waals surface area contributed by atoms with Crippen molar-refractivity contribution in [3.05, 3.63) is 65.5 Å². The van der Waals surface area contributed by atoms with Crippen molar-refractivity contribution in [1.82, 2.24) is 9.97 Å². The SMILES string of the molecule is COC(=O)c1ccc(C=C(C#N)c2nc(N)c3ccccc3n2)cc1. The Hall–Kier alpha value is -3.72. The van der Waals surface area contributed by atoms with Gasteiger partial charge in [0.05, 0.1) is 23.8 Å². The second kappa shape index (κ2) is 6.81. The summed E-state index contributed by atoms with van der Waals surface area (Å²) in [4.78, 5) is 20.1. The first-order valence-electron chi connectivity index (χ1n) is 7.45. The maximum Gasteiger partial charge on any atom is 0.337 e. The number of esters is 1. The van der Waals surface area contributed by atoms with Gasteiger partial charge in [0, 0.05) is 5.39 Å². The third-order valence-electron chi connectivity index (χ3n) is 3.64. The van der Waals surface area contributed by atoms with E-state index in [2.05, 4.69) is 20.8 Å². The Morgan fingerprint density at radius 1 is 1.16 bits per heavy atom. The number of methoxy groups -OCH3 is 1. The van der Waals surface area contributed by atoms with E-state index >= 15 is 0 Å². The molecule has 2 aromatic carbocycles. The van der Waals surface area contributed by atoms with Crippen LogP contribution < -0.4 is 5.73 Å². The molecule has 0 fully saturated rings. The van der Waals surface area contributed by atoms with Crippen LogP contribution in [0.1, 0.15) is 21.7 Å². The van der Waals surface area contributed by atoms with Crippen LogP contribution in [0.5, 0.6) is 0 Å². The summed E-state index contributed by atoms with van der Waals surface area (Å²) in [5.41, 5.74) is 8.10. The number of ether oxygens (including phenoxy) is 1. The second-order valence-electron chi connectivity index (χ2n) is 5.23. The Balaban J connectivity index is 2.01. The first-order valence-corrected chi connectivity index (χ1v) is 7.45. The largest absolute Gasteiger partial charge is 0.465 e. The number of nitrogens with two attached hydrogens (primary N) is 1. The summed E-state index contributed by atoms with van der Waals surface area (Å²) in [6.07, 6.45) is 1.64. The van der Waals surface area contributed by atoms with E-state index in [0.29, 0.717) is 16.9 Å². The molecule has 3 aromatic rings. The lowest BCUT2D eigenvalue weighted by Crippen LogP contribution is -2.01. The van der Waals surface area contributed by atoms with Crippen LogP contribution in [0.25, 0.3) is 22.6 Å². The Morgan fingerprint density at radius 3 is 2.56 bits per heavy atom. The number of fused-ring (bicyclic) bond motifs is 1. The molecule has 6 heteroatoms. The van der Waals surface area contributed by atoms with Crippen LogP contribution in [0.2, 0.25) is 0 Å². The van der Waals surface area contributed by atoms with Crippen molar-refractivity contribution in [3.63, 3.8) is 0 Å². The molecule has 2 N–H and O–H groups in total. The van der Waals surface area contributed by atoms with Crippen LogP contribution in [-0.2, 0) is 4.74 Å². The van der Waals surface area contributed by atoms with Crippen LogP contribution in [0.4, 0.5) is 5.82 Å². The number of hydrogen-bond acceptors (Lipinski definition) is 6. The highest BCUT2D eigenvalue weighted by atomic mass is 16.5. The number of carbonyl (C=O) groups is 1. The quantitative estimate of drug-likeness (QED) is 0.585. The zero-order valence-electron chi connectivity index (χ0n) is 13.4. The summed E-state index contributed by atoms with van der Waals surface area (Å²) in [5, 5.41) is 10.2. The molecule has 0 bridgehead atoms. The molecule has 0 aliphatic heterocycles. The molecule has 0 saturated heterocycles. The number of nitriles is 1. The minimum Gasteiger partial charge on any atom is -0.465 e. The van der Waals surface area contributed by atoms with E-state index in [9.17, 15) is 10.1 Å². The normalized spacial score (nSPS) is 11.1. The molecular formula is C19H14N4O2. The first-order chi connectivity index (χ1) is 12.1. The van der Waals surface area contributed by atoms with Crippen LogP contribution in [0.3, 0.4) is 0 Å². The van der Waals surface area contributed by atoms with E-state index < -0.39 is 5.97 Å². The molecule has 6 nitrogen and oxygen atoms in total. The zero-order chi connectivity index (χ0) is 17.8. The smallest absolute Gasteiger partial charge is 0.337 e. The second-order valence-corrected chi connectivity index (χ2v) is 5.23. The Labute approximate surface area is 144 Å². The van der Waals surface area contributed by atoms with E-state index in [4.69, 9.17) is 5.73 Å². The van der Waals surface area contributed by atoms with Gasteiger partial charge in [-0.15, -0.1) is 0 Å². The minimum atomic E-state index is -0.415. The third kappa shape index (κ3) is 3.31. The summed E-state index contributed by atoms with van der Waals surface area (Å²) >= 11 is 0. The first kappa shape index (κ1) is 16.1. The van der Waals surface area contributed by atoms with Crippen LogP contribution in [-0.4, -0.2) is 23.0 Å². The van der Waals surface area contributed by atoms with Gasteiger partial charge in [0.1, 0.15) is 11.9 Å². The average Bonchev–Trinajstić information content (AvgIpc) is 2.66. The number of para-hydroxylation sites is 1. The number of allylic oxidation sites excluding steroid dienone is 1. The molecular weight excluding hydrogens is 316 g/mol. The standard InChI is InChI=1S/C19H14N4O2/c1-25-19(24)13-8-6-12(7-9-13)10-14(11-20)18-22-16-5-3-2-4-15(16)17(21)23-18/h2-10H,1H3,(H2,21,22,23). The Morgan fingerprint density at radius 2 is 1.88 bits per heavy atom. The van der Waals surface area contributed by atoms with Crippen molar-refractivity contribution in [2.45, 2.75) is 0 Å². The fourth-order valence-electron chi connectivity index (χ4n) is 2.37. The number of aromatic nitrogens is 2.